The van der Waals surface area contributed by atoms with Crippen LogP contribution in [0.4, 0.5) is 0 Å². The van der Waals surface area contributed by atoms with Crippen LogP contribution in [0, 0.1) is 0 Å². The molecule has 0 amide bonds. The molecule has 21 heavy (non-hydrogen) atoms. The summed E-state index contributed by atoms with van der Waals surface area (Å²) in [5, 5.41) is 10.4. The fourth-order valence-electron chi connectivity index (χ4n) is 2.96. The number of sulfone groups is 1. The minimum Gasteiger partial charge on any atom is -0.478 e. The van der Waals surface area contributed by atoms with E-state index in [0.717, 1.165) is 25.9 Å². The average Bonchev–Trinajstić information content (AvgIpc) is 2.71. The first-order valence-electron chi connectivity index (χ1n) is 7.03. The largest absolute Gasteiger partial charge is 0.478 e. The van der Waals surface area contributed by atoms with E-state index in [9.17, 15) is 13.2 Å². The Hall–Kier alpha value is -1.66. The fraction of sp³-hybridized carbons (Fsp3) is 0.400. The van der Waals surface area contributed by atoms with Crippen LogP contribution in [-0.4, -0.2) is 44.0 Å². The molecule has 0 aromatic heterocycles. The third-order valence-corrected chi connectivity index (χ3v) is 5.58. The lowest BCUT2D eigenvalue weighted by molar-refractivity contribution is 0.0696. The van der Waals surface area contributed by atoms with Crippen LogP contribution in [0.1, 0.15) is 35.2 Å². The molecular weight excluding hydrogens is 290 g/mol. The van der Waals surface area contributed by atoms with Crippen molar-refractivity contribution in [2.45, 2.75) is 24.2 Å². The summed E-state index contributed by atoms with van der Waals surface area (Å²) in [6, 6.07) is 4.21. The van der Waals surface area contributed by atoms with Crippen LogP contribution < -0.4 is 0 Å². The van der Waals surface area contributed by atoms with Crippen molar-refractivity contribution in [1.29, 1.82) is 0 Å². The summed E-state index contributed by atoms with van der Waals surface area (Å²) in [5.74, 6) is -1.04. The van der Waals surface area contributed by atoms with E-state index in [2.05, 4.69) is 4.90 Å². The first kappa shape index (κ1) is 14.3. The molecule has 2 aliphatic rings. The maximum atomic E-state index is 12.1. The van der Waals surface area contributed by atoms with Crippen LogP contribution in [0.3, 0.4) is 0 Å². The van der Waals surface area contributed by atoms with E-state index in [1.54, 1.807) is 0 Å². The zero-order chi connectivity index (χ0) is 15.0. The second kappa shape index (κ2) is 5.27. The monoisotopic (exact) mass is 307 g/mol. The molecule has 2 aliphatic heterocycles. The minimum absolute atomic E-state index is 0.121. The molecule has 0 spiro atoms. The summed E-state index contributed by atoms with van der Waals surface area (Å²) in [5.41, 5.74) is 1.37. The van der Waals surface area contributed by atoms with Crippen LogP contribution in [-0.2, 0) is 9.84 Å². The van der Waals surface area contributed by atoms with Gasteiger partial charge in [0.2, 0.25) is 9.84 Å². The number of rotatable bonds is 3. The summed E-state index contributed by atoms with van der Waals surface area (Å²) in [6.07, 6.45) is 3.47. The van der Waals surface area contributed by atoms with E-state index < -0.39 is 15.8 Å². The zero-order valence-corrected chi connectivity index (χ0v) is 12.4. The molecule has 1 N–H and O–H groups in total. The van der Waals surface area contributed by atoms with Gasteiger partial charge < -0.3 is 5.11 Å². The van der Waals surface area contributed by atoms with Crippen molar-refractivity contribution in [1.82, 2.24) is 4.90 Å². The van der Waals surface area contributed by atoms with Gasteiger partial charge in [-0.15, -0.1) is 0 Å². The Balaban J connectivity index is 1.96. The van der Waals surface area contributed by atoms with Gasteiger partial charge in [0.1, 0.15) is 0 Å². The number of carbonyl (C=O) groups is 1. The lowest BCUT2D eigenvalue weighted by atomic mass is 10.0. The number of carboxylic acids is 1. The molecule has 0 aliphatic carbocycles. The fourth-order valence-corrected chi connectivity index (χ4v) is 4.41. The number of hydrogen-bond acceptors (Lipinski definition) is 4. The molecule has 5 nitrogen and oxygen atoms in total. The zero-order valence-electron chi connectivity index (χ0n) is 11.6. The lowest BCUT2D eigenvalue weighted by Gasteiger charge is -2.26. The number of hydrogen-bond donors (Lipinski definition) is 1. The molecule has 0 bridgehead atoms. The van der Waals surface area contributed by atoms with Crippen molar-refractivity contribution in [2.75, 3.05) is 19.6 Å². The summed E-state index contributed by atoms with van der Waals surface area (Å²) in [4.78, 5) is 13.5. The highest BCUT2D eigenvalue weighted by molar-refractivity contribution is 7.95. The Kier molecular flexibility index (Phi) is 3.59. The highest BCUT2D eigenvalue weighted by Gasteiger charge is 2.29. The molecule has 0 atom stereocenters. The Bertz CT molecular complexity index is 715. The van der Waals surface area contributed by atoms with Crippen LogP contribution in [0.5, 0.6) is 0 Å². The molecule has 2 heterocycles. The second-order valence-corrected chi connectivity index (χ2v) is 7.31. The second-order valence-electron chi connectivity index (χ2n) is 5.54. The van der Waals surface area contributed by atoms with Gasteiger partial charge in [0, 0.05) is 12.0 Å². The molecule has 0 unspecified atom stereocenters. The first-order chi connectivity index (χ1) is 9.97. The number of carboxylic acid groups (broad SMARTS) is 1. The third-order valence-electron chi connectivity index (χ3n) is 4.02. The van der Waals surface area contributed by atoms with Gasteiger partial charge in [-0.2, -0.15) is 0 Å². The molecule has 6 heteroatoms. The standard InChI is InChI=1S/C15H17NO4S/c17-15(18)11-4-5-14-13(8-11)12(10-21(14,19)20)9-16-6-2-1-3-7-16/h4-5,8,10H,1-3,6-7,9H2,(H,17,18). The molecule has 1 aromatic carbocycles. The van der Waals surface area contributed by atoms with E-state index in [1.165, 1.54) is 30.0 Å². The van der Waals surface area contributed by atoms with Gasteiger partial charge in [0.25, 0.3) is 0 Å². The molecule has 3 rings (SSSR count). The van der Waals surface area contributed by atoms with Crippen LogP contribution in [0.15, 0.2) is 28.5 Å². The van der Waals surface area contributed by atoms with Crippen molar-refractivity contribution in [3.05, 3.63) is 34.7 Å². The van der Waals surface area contributed by atoms with Crippen molar-refractivity contribution in [3.8, 4) is 0 Å². The molecule has 0 saturated carbocycles. The van der Waals surface area contributed by atoms with Crippen molar-refractivity contribution >= 4 is 21.4 Å². The van der Waals surface area contributed by atoms with Gasteiger partial charge >= 0.3 is 5.97 Å². The number of nitrogens with zero attached hydrogens (tertiary/aromatic N) is 1. The molecule has 112 valence electrons. The molecule has 0 radical (unpaired) electrons. The van der Waals surface area contributed by atoms with Gasteiger partial charge in [-0.3, -0.25) is 4.90 Å². The predicted molar refractivity (Wildman–Crippen MR) is 78.9 cm³/mol. The number of aromatic carboxylic acids is 1. The van der Waals surface area contributed by atoms with Crippen LogP contribution in [0.2, 0.25) is 0 Å². The maximum absolute atomic E-state index is 12.1. The first-order valence-corrected chi connectivity index (χ1v) is 8.58. The van der Waals surface area contributed by atoms with Gasteiger partial charge in [-0.25, -0.2) is 13.2 Å². The van der Waals surface area contributed by atoms with Gasteiger partial charge in [0.15, 0.2) is 0 Å². The van der Waals surface area contributed by atoms with Crippen molar-refractivity contribution in [2.24, 2.45) is 0 Å². The van der Waals surface area contributed by atoms with Gasteiger partial charge in [-0.1, -0.05) is 6.42 Å². The number of likely N-dealkylation sites (tertiary alicyclic amines) is 1. The van der Waals surface area contributed by atoms with E-state index in [4.69, 9.17) is 5.11 Å². The Morgan fingerprint density at radius 3 is 2.57 bits per heavy atom. The maximum Gasteiger partial charge on any atom is 0.335 e. The molecular formula is C15H17NO4S. The topological polar surface area (TPSA) is 74.7 Å². The number of piperidine rings is 1. The van der Waals surface area contributed by atoms with E-state index in [0.29, 0.717) is 17.7 Å². The molecule has 1 saturated heterocycles. The van der Waals surface area contributed by atoms with Crippen molar-refractivity contribution in [3.63, 3.8) is 0 Å². The number of fused-ring (bicyclic) bond motifs is 1. The number of benzene rings is 1. The SMILES string of the molecule is O=C(O)c1ccc2c(c1)C(CN1CCCCC1)=CS2(=O)=O. The van der Waals surface area contributed by atoms with Crippen LogP contribution >= 0.6 is 0 Å². The average molecular weight is 307 g/mol. The van der Waals surface area contributed by atoms with E-state index in [1.807, 2.05) is 0 Å². The van der Waals surface area contributed by atoms with Crippen LogP contribution in [0.25, 0.3) is 5.57 Å². The normalized spacial score (nSPS) is 20.9. The Morgan fingerprint density at radius 1 is 1.19 bits per heavy atom. The highest BCUT2D eigenvalue weighted by atomic mass is 32.2. The summed E-state index contributed by atoms with van der Waals surface area (Å²) in [6.45, 7) is 2.49. The highest BCUT2D eigenvalue weighted by Crippen LogP contribution is 2.34. The minimum atomic E-state index is -3.43. The summed E-state index contributed by atoms with van der Waals surface area (Å²) < 4.78 is 24.3. The van der Waals surface area contributed by atoms with E-state index >= 15 is 0 Å². The van der Waals surface area contributed by atoms with E-state index in [-0.39, 0.29) is 10.5 Å². The predicted octanol–water partition coefficient (Wildman–Crippen LogP) is 2.00. The molecule has 1 fully saturated rings. The third kappa shape index (κ3) is 2.73. The van der Waals surface area contributed by atoms with Gasteiger partial charge in [0.05, 0.1) is 10.5 Å². The van der Waals surface area contributed by atoms with Gasteiger partial charge in [-0.05, 0) is 55.3 Å². The lowest BCUT2D eigenvalue weighted by Crippen LogP contribution is -2.31. The summed E-state index contributed by atoms with van der Waals surface area (Å²) >= 11 is 0. The Morgan fingerprint density at radius 2 is 1.90 bits per heavy atom. The molecule has 1 aromatic rings. The summed E-state index contributed by atoms with van der Waals surface area (Å²) in [7, 11) is -3.43. The Labute approximate surface area is 123 Å². The van der Waals surface area contributed by atoms with Crippen molar-refractivity contribution < 1.29 is 18.3 Å². The quantitative estimate of drug-likeness (QED) is 0.924. The smallest absolute Gasteiger partial charge is 0.335 e.